The minimum absolute atomic E-state index is 0.293. The van der Waals surface area contributed by atoms with Crippen molar-refractivity contribution in [2.24, 2.45) is 0 Å². The summed E-state index contributed by atoms with van der Waals surface area (Å²) in [5.74, 6) is -1.33. The van der Waals surface area contributed by atoms with Crippen LogP contribution in [-0.4, -0.2) is 51.9 Å². The van der Waals surface area contributed by atoms with Gasteiger partial charge in [0.15, 0.2) is 0 Å². The summed E-state index contributed by atoms with van der Waals surface area (Å²) in [5.41, 5.74) is 0. The third-order valence-electron chi connectivity index (χ3n) is 2.79. The second-order valence-corrected chi connectivity index (χ2v) is 3.53. The van der Waals surface area contributed by atoms with Gasteiger partial charge >= 0.3 is 12.0 Å². The van der Waals surface area contributed by atoms with Crippen LogP contribution in [0.3, 0.4) is 0 Å². The van der Waals surface area contributed by atoms with Crippen LogP contribution in [-0.2, 0) is 9.59 Å². The molecule has 2 heterocycles. The lowest BCUT2D eigenvalue weighted by Crippen LogP contribution is -2.41. The third kappa shape index (κ3) is 0.934. The van der Waals surface area contributed by atoms with Gasteiger partial charge in [-0.1, -0.05) is 0 Å². The van der Waals surface area contributed by atoms with Gasteiger partial charge in [-0.05, 0) is 12.8 Å². The maximum absolute atomic E-state index is 11.5. The zero-order chi connectivity index (χ0) is 10.5. The molecule has 2 aliphatic heterocycles. The number of likely N-dealkylation sites (N-methyl/N-ethyl adjacent to an activating group) is 1. The fraction of sp³-hybridized carbons (Fsp3) is 0.625. The highest BCUT2D eigenvalue weighted by molar-refractivity contribution is 6.06. The first-order chi connectivity index (χ1) is 6.54. The first-order valence-electron chi connectivity index (χ1n) is 4.36. The highest BCUT2D eigenvalue weighted by Gasteiger charge is 2.52. The Morgan fingerprint density at radius 2 is 2.07 bits per heavy atom. The van der Waals surface area contributed by atoms with Crippen molar-refractivity contribution in [1.82, 2.24) is 9.80 Å². The molecular formula is C8H10N2O4. The van der Waals surface area contributed by atoms with Gasteiger partial charge in [0.25, 0.3) is 5.91 Å². The lowest BCUT2D eigenvalue weighted by atomic mass is 10.2. The predicted molar refractivity (Wildman–Crippen MR) is 44.5 cm³/mol. The van der Waals surface area contributed by atoms with E-state index >= 15 is 0 Å². The summed E-state index contributed by atoms with van der Waals surface area (Å²) in [6, 6.07) is -1.88. The van der Waals surface area contributed by atoms with Crippen LogP contribution in [0.1, 0.15) is 12.8 Å². The van der Waals surface area contributed by atoms with Crippen LogP contribution in [0.5, 0.6) is 0 Å². The van der Waals surface area contributed by atoms with Crippen molar-refractivity contribution in [3.8, 4) is 0 Å². The summed E-state index contributed by atoms with van der Waals surface area (Å²) >= 11 is 0. The molecule has 2 atom stereocenters. The molecule has 1 N–H and O–H groups in total. The van der Waals surface area contributed by atoms with E-state index in [0.29, 0.717) is 12.8 Å². The van der Waals surface area contributed by atoms with Crippen molar-refractivity contribution in [3.63, 3.8) is 0 Å². The first-order valence-corrected chi connectivity index (χ1v) is 4.36. The van der Waals surface area contributed by atoms with E-state index in [1.165, 1.54) is 11.9 Å². The molecular weight excluding hydrogens is 188 g/mol. The number of imide groups is 1. The largest absolute Gasteiger partial charge is 0.480 e. The van der Waals surface area contributed by atoms with Crippen LogP contribution in [0.2, 0.25) is 0 Å². The Bertz CT molecular complexity index is 325. The van der Waals surface area contributed by atoms with Crippen molar-refractivity contribution in [3.05, 3.63) is 0 Å². The molecule has 2 fully saturated rings. The number of carboxylic acid groups (broad SMARTS) is 1. The van der Waals surface area contributed by atoms with E-state index < -0.39 is 24.1 Å². The molecule has 6 heteroatoms. The average Bonchev–Trinajstić information content (AvgIpc) is 2.64. The maximum atomic E-state index is 11.5. The first kappa shape index (κ1) is 8.98. The normalized spacial score (nSPS) is 31.2. The van der Waals surface area contributed by atoms with Crippen LogP contribution in [0.15, 0.2) is 0 Å². The van der Waals surface area contributed by atoms with Gasteiger partial charge in [0.2, 0.25) is 0 Å². The van der Waals surface area contributed by atoms with E-state index in [9.17, 15) is 14.4 Å². The number of carbonyl (C=O) groups excluding carboxylic acids is 2. The van der Waals surface area contributed by atoms with Crippen LogP contribution in [0.25, 0.3) is 0 Å². The van der Waals surface area contributed by atoms with E-state index in [1.807, 2.05) is 0 Å². The number of carboxylic acids is 1. The molecule has 0 aromatic heterocycles. The van der Waals surface area contributed by atoms with Crippen LogP contribution >= 0.6 is 0 Å². The van der Waals surface area contributed by atoms with Crippen molar-refractivity contribution < 1.29 is 19.5 Å². The minimum Gasteiger partial charge on any atom is -0.480 e. The molecule has 3 amide bonds. The van der Waals surface area contributed by atoms with Crippen LogP contribution in [0, 0.1) is 0 Å². The summed E-state index contributed by atoms with van der Waals surface area (Å²) in [6.07, 6.45) is 0.817. The monoisotopic (exact) mass is 198 g/mol. The summed E-state index contributed by atoms with van der Waals surface area (Å²) in [4.78, 5) is 35.9. The number of urea groups is 1. The van der Waals surface area contributed by atoms with E-state index in [2.05, 4.69) is 0 Å². The van der Waals surface area contributed by atoms with Crippen molar-refractivity contribution >= 4 is 17.9 Å². The molecule has 76 valence electrons. The molecule has 6 nitrogen and oxygen atoms in total. The molecule has 2 unspecified atom stereocenters. The molecule has 0 aromatic carbocycles. The zero-order valence-corrected chi connectivity index (χ0v) is 7.64. The Hall–Kier alpha value is -1.59. The molecule has 2 aliphatic rings. The smallest absolute Gasteiger partial charge is 0.327 e. The molecule has 2 rings (SSSR count). The van der Waals surface area contributed by atoms with Gasteiger partial charge in [0, 0.05) is 7.05 Å². The number of hydrogen-bond donors (Lipinski definition) is 1. The molecule has 14 heavy (non-hydrogen) atoms. The van der Waals surface area contributed by atoms with E-state index in [-0.39, 0.29) is 5.91 Å². The van der Waals surface area contributed by atoms with Crippen LogP contribution < -0.4 is 0 Å². The van der Waals surface area contributed by atoms with Crippen molar-refractivity contribution in [2.75, 3.05) is 7.05 Å². The Balaban J connectivity index is 2.31. The predicted octanol–water partition coefficient (Wildman–Crippen LogP) is -0.504. The number of amides is 3. The summed E-state index contributed by atoms with van der Waals surface area (Å²) < 4.78 is 0. The maximum Gasteiger partial charge on any atom is 0.327 e. The number of carbonyl (C=O) groups is 3. The standard InChI is InChI=1S/C8H10N2O4/c1-9-6(11)4-2-3-5(7(12)13)10(4)8(9)14/h4-5H,2-3H2,1H3,(H,12,13). The van der Waals surface area contributed by atoms with Crippen molar-refractivity contribution in [1.29, 1.82) is 0 Å². The molecule has 0 aromatic rings. The van der Waals surface area contributed by atoms with Crippen LogP contribution in [0.4, 0.5) is 4.79 Å². The Labute approximate surface area is 80.1 Å². The summed E-state index contributed by atoms with van der Waals surface area (Å²) in [6.45, 7) is 0. The van der Waals surface area contributed by atoms with Gasteiger partial charge in [-0.3, -0.25) is 14.6 Å². The van der Waals surface area contributed by atoms with Gasteiger partial charge in [0.1, 0.15) is 12.1 Å². The molecule has 0 aliphatic carbocycles. The van der Waals surface area contributed by atoms with Gasteiger partial charge in [0.05, 0.1) is 0 Å². The topological polar surface area (TPSA) is 77.9 Å². The van der Waals surface area contributed by atoms with Crippen molar-refractivity contribution in [2.45, 2.75) is 24.9 Å². The number of hydrogen-bond acceptors (Lipinski definition) is 3. The molecule has 0 bridgehead atoms. The third-order valence-corrected chi connectivity index (χ3v) is 2.79. The SMILES string of the molecule is CN1C(=O)C2CCC(C(=O)O)N2C1=O. The van der Waals surface area contributed by atoms with E-state index in [0.717, 1.165) is 4.90 Å². The lowest BCUT2D eigenvalue weighted by molar-refractivity contribution is -0.141. The minimum atomic E-state index is -1.04. The number of fused-ring (bicyclic) bond motifs is 1. The summed E-state index contributed by atoms with van der Waals surface area (Å²) in [7, 11) is 1.38. The molecule has 0 saturated carbocycles. The fourth-order valence-corrected chi connectivity index (χ4v) is 2.05. The number of nitrogens with zero attached hydrogens (tertiary/aromatic N) is 2. The average molecular weight is 198 g/mol. The highest BCUT2D eigenvalue weighted by atomic mass is 16.4. The molecule has 2 saturated heterocycles. The molecule has 0 radical (unpaired) electrons. The second kappa shape index (κ2) is 2.70. The quantitative estimate of drug-likeness (QED) is 0.576. The fourth-order valence-electron chi connectivity index (χ4n) is 2.05. The van der Waals surface area contributed by atoms with Gasteiger partial charge in [-0.25, -0.2) is 9.59 Å². The zero-order valence-electron chi connectivity index (χ0n) is 7.64. The number of rotatable bonds is 1. The van der Waals surface area contributed by atoms with Gasteiger partial charge < -0.3 is 5.11 Å². The second-order valence-electron chi connectivity index (χ2n) is 3.53. The lowest BCUT2D eigenvalue weighted by Gasteiger charge is -2.18. The highest BCUT2D eigenvalue weighted by Crippen LogP contribution is 2.31. The number of aliphatic carboxylic acids is 1. The van der Waals surface area contributed by atoms with E-state index in [4.69, 9.17) is 5.11 Å². The van der Waals surface area contributed by atoms with E-state index in [1.54, 1.807) is 0 Å². The molecule has 0 spiro atoms. The van der Waals surface area contributed by atoms with Gasteiger partial charge in [-0.2, -0.15) is 0 Å². The Morgan fingerprint density at radius 3 is 2.64 bits per heavy atom. The Morgan fingerprint density at radius 1 is 1.43 bits per heavy atom. The Kier molecular flexibility index (Phi) is 1.73. The van der Waals surface area contributed by atoms with Gasteiger partial charge in [-0.15, -0.1) is 0 Å². The summed E-state index contributed by atoms with van der Waals surface area (Å²) in [5, 5.41) is 8.83.